The summed E-state index contributed by atoms with van der Waals surface area (Å²) in [6.45, 7) is 7.50. The van der Waals surface area contributed by atoms with Crippen LogP contribution in [0.25, 0.3) is 0 Å². The average Bonchev–Trinajstić information content (AvgIpc) is 2.59. The molecular weight excluding hydrogens is 316 g/mol. The van der Waals surface area contributed by atoms with E-state index in [1.54, 1.807) is 12.2 Å². The molecule has 0 spiro atoms. The van der Waals surface area contributed by atoms with E-state index in [-0.39, 0.29) is 24.0 Å². The van der Waals surface area contributed by atoms with E-state index in [0.29, 0.717) is 25.2 Å². The topological polar surface area (TPSA) is 58.6 Å². The van der Waals surface area contributed by atoms with Gasteiger partial charge in [-0.25, -0.2) is 0 Å². The number of morpholine rings is 1. The zero-order valence-electron chi connectivity index (χ0n) is 15.1. The quantitative estimate of drug-likeness (QED) is 0.661. The molecule has 1 heterocycles. The molecule has 1 aromatic rings. The van der Waals surface area contributed by atoms with Crippen molar-refractivity contribution in [3.63, 3.8) is 0 Å². The predicted molar refractivity (Wildman–Crippen MR) is 98.2 cm³/mol. The number of ether oxygens (including phenoxy) is 1. The van der Waals surface area contributed by atoms with E-state index in [2.05, 4.69) is 5.32 Å². The van der Waals surface area contributed by atoms with E-state index in [1.807, 2.05) is 56.0 Å². The molecule has 0 bridgehead atoms. The summed E-state index contributed by atoms with van der Waals surface area (Å²) < 4.78 is 5.67. The second-order valence-corrected chi connectivity index (χ2v) is 6.27. The van der Waals surface area contributed by atoms with Crippen LogP contribution in [0.3, 0.4) is 0 Å². The largest absolute Gasteiger partial charge is 0.372 e. The van der Waals surface area contributed by atoms with Gasteiger partial charge in [-0.05, 0) is 38.5 Å². The van der Waals surface area contributed by atoms with Gasteiger partial charge in [0.25, 0.3) is 5.91 Å². The van der Waals surface area contributed by atoms with Crippen molar-refractivity contribution in [3.05, 3.63) is 59.7 Å². The molecule has 5 heteroatoms. The molecule has 0 aromatic heterocycles. The number of nitrogens with zero attached hydrogens (tertiary/aromatic N) is 1. The minimum absolute atomic E-state index is 0.0203. The third-order valence-corrected chi connectivity index (χ3v) is 3.93. The fraction of sp³-hybridized carbons (Fsp3) is 0.400. The first-order valence-corrected chi connectivity index (χ1v) is 8.60. The summed E-state index contributed by atoms with van der Waals surface area (Å²) in [7, 11) is 0. The van der Waals surface area contributed by atoms with Crippen LogP contribution in [0.5, 0.6) is 0 Å². The summed E-state index contributed by atoms with van der Waals surface area (Å²) in [5.41, 5.74) is 1.61. The van der Waals surface area contributed by atoms with Crippen LogP contribution in [0.2, 0.25) is 0 Å². The Morgan fingerprint density at radius 3 is 2.40 bits per heavy atom. The molecule has 2 rings (SSSR count). The van der Waals surface area contributed by atoms with Crippen LogP contribution in [-0.4, -0.2) is 42.0 Å². The van der Waals surface area contributed by atoms with Crippen LogP contribution >= 0.6 is 0 Å². The van der Waals surface area contributed by atoms with Gasteiger partial charge in [-0.3, -0.25) is 9.59 Å². The Labute approximate surface area is 149 Å². The molecular formula is C20H26N2O3. The Morgan fingerprint density at radius 2 is 1.80 bits per heavy atom. The molecule has 25 heavy (non-hydrogen) atoms. The lowest BCUT2D eigenvalue weighted by molar-refractivity contribution is -0.116. The number of allylic oxidation sites excluding steroid dienone is 3. The van der Waals surface area contributed by atoms with Crippen molar-refractivity contribution in [1.29, 1.82) is 0 Å². The minimum atomic E-state index is -0.144. The Kier molecular flexibility index (Phi) is 6.95. The first kappa shape index (κ1) is 18.9. The first-order chi connectivity index (χ1) is 12.0. The first-order valence-electron chi connectivity index (χ1n) is 8.60. The minimum Gasteiger partial charge on any atom is -0.372 e. The number of carbonyl (C=O) groups is 2. The molecule has 0 saturated carbocycles. The molecule has 5 nitrogen and oxygen atoms in total. The summed E-state index contributed by atoms with van der Waals surface area (Å²) in [4.78, 5) is 26.1. The second-order valence-electron chi connectivity index (χ2n) is 6.27. The highest BCUT2D eigenvalue weighted by Gasteiger charge is 2.26. The molecule has 1 saturated heterocycles. The number of hydrogen-bond donors (Lipinski definition) is 1. The van der Waals surface area contributed by atoms with Crippen molar-refractivity contribution >= 4 is 11.8 Å². The Balaban J connectivity index is 1.91. The van der Waals surface area contributed by atoms with Crippen LogP contribution in [0, 0.1) is 0 Å². The maximum atomic E-state index is 12.6. The number of hydrogen-bond acceptors (Lipinski definition) is 3. The lowest BCUT2D eigenvalue weighted by Gasteiger charge is -2.35. The van der Waals surface area contributed by atoms with Gasteiger partial charge in [0.05, 0.1) is 12.2 Å². The van der Waals surface area contributed by atoms with Crippen LogP contribution < -0.4 is 5.32 Å². The van der Waals surface area contributed by atoms with Gasteiger partial charge in [0.1, 0.15) is 0 Å². The SMILES string of the molecule is CC=CC=CC(=O)NCc1ccc(C(=O)N2CC(C)OC(C)C2)cc1. The number of benzene rings is 1. The standard InChI is InChI=1S/C20H26N2O3/c1-4-5-6-7-19(23)21-12-17-8-10-18(11-9-17)20(24)22-13-15(2)25-16(3)14-22/h4-11,15-16H,12-14H2,1-3H3,(H,21,23). The van der Waals surface area contributed by atoms with Gasteiger partial charge in [0, 0.05) is 31.3 Å². The molecule has 1 aliphatic heterocycles. The third-order valence-electron chi connectivity index (χ3n) is 3.93. The van der Waals surface area contributed by atoms with E-state index >= 15 is 0 Å². The maximum absolute atomic E-state index is 12.6. The second kappa shape index (κ2) is 9.18. The van der Waals surface area contributed by atoms with Gasteiger partial charge in [0.15, 0.2) is 0 Å². The lowest BCUT2D eigenvalue weighted by atomic mass is 10.1. The Bertz CT molecular complexity index is 639. The van der Waals surface area contributed by atoms with E-state index in [0.717, 1.165) is 5.56 Å². The molecule has 2 atom stereocenters. The van der Waals surface area contributed by atoms with Gasteiger partial charge in [-0.2, -0.15) is 0 Å². The van der Waals surface area contributed by atoms with Gasteiger partial charge in [-0.1, -0.05) is 30.4 Å². The fourth-order valence-electron chi connectivity index (χ4n) is 2.79. The molecule has 1 fully saturated rings. The summed E-state index contributed by atoms with van der Waals surface area (Å²) in [6.07, 6.45) is 6.94. The van der Waals surface area contributed by atoms with Gasteiger partial charge < -0.3 is 15.0 Å². The number of carbonyl (C=O) groups excluding carboxylic acids is 2. The highest BCUT2D eigenvalue weighted by molar-refractivity contribution is 5.94. The molecule has 2 amide bonds. The van der Waals surface area contributed by atoms with Gasteiger partial charge in [-0.15, -0.1) is 0 Å². The molecule has 2 unspecified atom stereocenters. The van der Waals surface area contributed by atoms with Crippen LogP contribution in [0.15, 0.2) is 48.6 Å². The van der Waals surface area contributed by atoms with E-state index < -0.39 is 0 Å². The molecule has 1 N–H and O–H groups in total. The summed E-state index contributed by atoms with van der Waals surface area (Å²) in [5.74, 6) is -0.124. The van der Waals surface area contributed by atoms with E-state index in [1.165, 1.54) is 6.08 Å². The van der Waals surface area contributed by atoms with Crippen LogP contribution in [0.4, 0.5) is 0 Å². The summed E-state index contributed by atoms with van der Waals surface area (Å²) in [5, 5.41) is 2.81. The molecule has 1 aromatic carbocycles. The Hall–Kier alpha value is -2.40. The molecule has 134 valence electrons. The summed E-state index contributed by atoms with van der Waals surface area (Å²) >= 11 is 0. The Morgan fingerprint density at radius 1 is 1.16 bits per heavy atom. The van der Waals surface area contributed by atoms with Crippen molar-refractivity contribution in [1.82, 2.24) is 10.2 Å². The lowest BCUT2D eigenvalue weighted by Crippen LogP contribution is -2.48. The highest BCUT2D eigenvalue weighted by Crippen LogP contribution is 2.15. The van der Waals surface area contributed by atoms with Crippen molar-refractivity contribution in [2.75, 3.05) is 13.1 Å². The van der Waals surface area contributed by atoms with Gasteiger partial charge >= 0.3 is 0 Å². The van der Waals surface area contributed by atoms with E-state index in [9.17, 15) is 9.59 Å². The van der Waals surface area contributed by atoms with Gasteiger partial charge in [0.2, 0.25) is 5.91 Å². The van der Waals surface area contributed by atoms with Crippen LogP contribution in [-0.2, 0) is 16.1 Å². The van der Waals surface area contributed by atoms with Crippen molar-refractivity contribution in [2.24, 2.45) is 0 Å². The smallest absolute Gasteiger partial charge is 0.254 e. The number of rotatable bonds is 5. The number of amides is 2. The molecule has 0 aliphatic carbocycles. The van der Waals surface area contributed by atoms with Crippen molar-refractivity contribution in [3.8, 4) is 0 Å². The van der Waals surface area contributed by atoms with Crippen molar-refractivity contribution < 1.29 is 14.3 Å². The zero-order valence-corrected chi connectivity index (χ0v) is 15.1. The third kappa shape index (κ3) is 5.87. The monoisotopic (exact) mass is 342 g/mol. The molecule has 0 radical (unpaired) electrons. The number of nitrogens with one attached hydrogen (secondary N) is 1. The van der Waals surface area contributed by atoms with E-state index in [4.69, 9.17) is 4.74 Å². The summed E-state index contributed by atoms with van der Waals surface area (Å²) in [6, 6.07) is 7.36. The normalized spacial score (nSPS) is 21.0. The predicted octanol–water partition coefficient (Wildman–Crippen LogP) is 2.68. The van der Waals surface area contributed by atoms with Crippen LogP contribution in [0.1, 0.15) is 36.7 Å². The average molecular weight is 342 g/mol. The highest BCUT2D eigenvalue weighted by atomic mass is 16.5. The van der Waals surface area contributed by atoms with Crippen molar-refractivity contribution in [2.45, 2.75) is 39.5 Å². The maximum Gasteiger partial charge on any atom is 0.254 e. The fourth-order valence-corrected chi connectivity index (χ4v) is 2.79. The molecule has 1 aliphatic rings. The zero-order chi connectivity index (χ0) is 18.2.